The second-order valence-electron chi connectivity index (χ2n) is 5.77. The average molecular weight is 258 g/mol. The minimum Gasteiger partial charge on any atom is -0.315 e. The molecule has 3 nitrogen and oxygen atoms in total. The molecule has 1 N–H and O–H groups in total. The fourth-order valence-electron chi connectivity index (χ4n) is 3.22. The van der Waals surface area contributed by atoms with Gasteiger partial charge in [-0.3, -0.25) is 4.79 Å². The summed E-state index contributed by atoms with van der Waals surface area (Å²) in [5.74, 6) is 0.231. The van der Waals surface area contributed by atoms with Crippen molar-refractivity contribution in [1.29, 1.82) is 0 Å². The molecule has 0 aromatic heterocycles. The zero-order chi connectivity index (χ0) is 13.2. The summed E-state index contributed by atoms with van der Waals surface area (Å²) in [5.41, 5.74) is 3.83. The number of benzene rings is 1. The molecule has 1 aromatic carbocycles. The van der Waals surface area contributed by atoms with Crippen LogP contribution < -0.4 is 10.2 Å². The third-order valence-electron chi connectivity index (χ3n) is 4.38. The number of nitrogens with zero attached hydrogens (tertiary/aromatic N) is 1. The molecule has 1 atom stereocenters. The molecule has 1 fully saturated rings. The van der Waals surface area contributed by atoms with Crippen molar-refractivity contribution in [1.82, 2.24) is 5.32 Å². The smallest absolute Gasteiger partial charge is 0.227 e. The third kappa shape index (κ3) is 2.66. The number of fused-ring (bicyclic) bond motifs is 1. The summed E-state index contributed by atoms with van der Waals surface area (Å²) in [7, 11) is 1.88. The lowest BCUT2D eigenvalue weighted by molar-refractivity contribution is -0.118. The standard InChI is InChI=1S/C16H22N2O/c1-18-15-7-5-12(10-13(15)6-8-16(18)19)11-14-4-2-3-9-17-14/h5,7,10,14,17H,2-4,6,8-9,11H2,1H3. The van der Waals surface area contributed by atoms with Crippen LogP contribution in [0.5, 0.6) is 0 Å². The zero-order valence-electron chi connectivity index (χ0n) is 11.6. The summed E-state index contributed by atoms with van der Waals surface area (Å²) in [4.78, 5) is 13.5. The van der Waals surface area contributed by atoms with Crippen molar-refractivity contribution in [2.24, 2.45) is 0 Å². The molecule has 0 bridgehead atoms. The summed E-state index contributed by atoms with van der Waals surface area (Å²) in [6.45, 7) is 1.16. The van der Waals surface area contributed by atoms with Gasteiger partial charge in [-0.05, 0) is 49.4 Å². The van der Waals surface area contributed by atoms with E-state index in [1.807, 2.05) is 7.05 Å². The zero-order valence-corrected chi connectivity index (χ0v) is 11.6. The first-order chi connectivity index (χ1) is 9.24. The highest BCUT2D eigenvalue weighted by Gasteiger charge is 2.21. The number of hydrogen-bond donors (Lipinski definition) is 1. The topological polar surface area (TPSA) is 32.3 Å². The monoisotopic (exact) mass is 258 g/mol. The van der Waals surface area contributed by atoms with Crippen molar-refractivity contribution >= 4 is 11.6 Å². The van der Waals surface area contributed by atoms with Gasteiger partial charge in [0.05, 0.1) is 0 Å². The highest BCUT2D eigenvalue weighted by atomic mass is 16.2. The van der Waals surface area contributed by atoms with Gasteiger partial charge >= 0.3 is 0 Å². The van der Waals surface area contributed by atoms with Crippen molar-refractivity contribution in [3.63, 3.8) is 0 Å². The second kappa shape index (κ2) is 5.33. The Bertz CT molecular complexity index is 478. The Morgan fingerprint density at radius 3 is 3.00 bits per heavy atom. The number of amides is 1. The quantitative estimate of drug-likeness (QED) is 0.882. The van der Waals surface area contributed by atoms with E-state index >= 15 is 0 Å². The van der Waals surface area contributed by atoms with Crippen LogP contribution in [-0.4, -0.2) is 25.5 Å². The maximum Gasteiger partial charge on any atom is 0.227 e. The number of nitrogens with one attached hydrogen (secondary N) is 1. The Kier molecular flexibility index (Phi) is 3.56. The summed E-state index contributed by atoms with van der Waals surface area (Å²) in [5, 5.41) is 3.60. The minimum absolute atomic E-state index is 0.231. The van der Waals surface area contributed by atoms with E-state index in [4.69, 9.17) is 0 Å². The van der Waals surface area contributed by atoms with Gasteiger partial charge in [0.2, 0.25) is 5.91 Å². The summed E-state index contributed by atoms with van der Waals surface area (Å²) in [6.07, 6.45) is 6.60. The summed E-state index contributed by atoms with van der Waals surface area (Å²) < 4.78 is 0. The van der Waals surface area contributed by atoms with E-state index in [0.717, 1.165) is 25.1 Å². The van der Waals surface area contributed by atoms with Crippen LogP contribution in [0.3, 0.4) is 0 Å². The lowest BCUT2D eigenvalue weighted by atomic mass is 9.94. The Morgan fingerprint density at radius 2 is 2.21 bits per heavy atom. The fourth-order valence-corrected chi connectivity index (χ4v) is 3.22. The largest absolute Gasteiger partial charge is 0.315 e. The molecule has 2 aliphatic rings. The summed E-state index contributed by atoms with van der Waals surface area (Å²) >= 11 is 0. The van der Waals surface area contributed by atoms with Gasteiger partial charge in [0.1, 0.15) is 0 Å². The highest BCUT2D eigenvalue weighted by molar-refractivity contribution is 5.95. The van der Waals surface area contributed by atoms with E-state index < -0.39 is 0 Å². The van der Waals surface area contributed by atoms with Crippen molar-refractivity contribution < 1.29 is 4.79 Å². The minimum atomic E-state index is 0.231. The predicted molar refractivity (Wildman–Crippen MR) is 77.5 cm³/mol. The van der Waals surface area contributed by atoms with Crippen LogP contribution in [0.2, 0.25) is 0 Å². The first-order valence-corrected chi connectivity index (χ1v) is 7.36. The van der Waals surface area contributed by atoms with Gasteiger partial charge in [-0.15, -0.1) is 0 Å². The van der Waals surface area contributed by atoms with E-state index in [2.05, 4.69) is 23.5 Å². The predicted octanol–water partition coefficient (Wildman–Crippen LogP) is 2.28. The van der Waals surface area contributed by atoms with Crippen LogP contribution in [0.25, 0.3) is 0 Å². The lowest BCUT2D eigenvalue weighted by Gasteiger charge is -2.27. The van der Waals surface area contributed by atoms with E-state index in [9.17, 15) is 4.79 Å². The van der Waals surface area contributed by atoms with E-state index in [-0.39, 0.29) is 5.91 Å². The van der Waals surface area contributed by atoms with Crippen molar-refractivity contribution in [2.75, 3.05) is 18.5 Å². The Morgan fingerprint density at radius 1 is 1.32 bits per heavy atom. The number of hydrogen-bond acceptors (Lipinski definition) is 2. The van der Waals surface area contributed by atoms with Gasteiger partial charge in [-0.1, -0.05) is 18.6 Å². The number of carbonyl (C=O) groups is 1. The van der Waals surface area contributed by atoms with Gasteiger partial charge in [-0.2, -0.15) is 0 Å². The van der Waals surface area contributed by atoms with Crippen LogP contribution in [0, 0.1) is 0 Å². The first kappa shape index (κ1) is 12.7. The number of aryl methyl sites for hydroxylation is 1. The lowest BCUT2D eigenvalue weighted by Crippen LogP contribution is -2.35. The molecule has 19 heavy (non-hydrogen) atoms. The highest BCUT2D eigenvalue weighted by Crippen LogP contribution is 2.28. The molecule has 0 saturated carbocycles. The van der Waals surface area contributed by atoms with Gasteiger partial charge in [-0.25, -0.2) is 0 Å². The molecular formula is C16H22N2O. The Labute approximate surface area is 115 Å². The van der Waals surface area contributed by atoms with Crippen LogP contribution in [0.15, 0.2) is 18.2 Å². The third-order valence-corrected chi connectivity index (χ3v) is 4.38. The maximum absolute atomic E-state index is 11.7. The van der Waals surface area contributed by atoms with E-state index in [1.54, 1.807) is 4.90 Å². The number of carbonyl (C=O) groups excluding carboxylic acids is 1. The molecule has 1 saturated heterocycles. The number of piperidine rings is 1. The van der Waals surface area contributed by atoms with E-state index in [0.29, 0.717) is 12.5 Å². The number of anilines is 1. The molecule has 3 rings (SSSR count). The molecule has 0 radical (unpaired) electrons. The molecular weight excluding hydrogens is 236 g/mol. The molecule has 2 aliphatic heterocycles. The molecule has 2 heterocycles. The average Bonchev–Trinajstić information content (AvgIpc) is 2.44. The van der Waals surface area contributed by atoms with Gasteiger partial charge in [0.25, 0.3) is 0 Å². The fraction of sp³-hybridized carbons (Fsp3) is 0.562. The van der Waals surface area contributed by atoms with Gasteiger partial charge in [0, 0.05) is 25.2 Å². The molecule has 1 aromatic rings. The first-order valence-electron chi connectivity index (χ1n) is 7.36. The van der Waals surface area contributed by atoms with Crippen LogP contribution in [0.1, 0.15) is 36.8 Å². The van der Waals surface area contributed by atoms with Crippen LogP contribution in [0.4, 0.5) is 5.69 Å². The Hall–Kier alpha value is -1.35. The Balaban J connectivity index is 1.76. The molecule has 1 amide bonds. The normalized spacial score (nSPS) is 23.3. The number of rotatable bonds is 2. The summed E-state index contributed by atoms with van der Waals surface area (Å²) in [6, 6.07) is 7.23. The molecule has 0 aliphatic carbocycles. The van der Waals surface area contributed by atoms with Gasteiger partial charge in [0.15, 0.2) is 0 Å². The molecule has 3 heteroatoms. The molecule has 1 unspecified atom stereocenters. The van der Waals surface area contributed by atoms with Crippen LogP contribution >= 0.6 is 0 Å². The van der Waals surface area contributed by atoms with Crippen molar-refractivity contribution in [3.8, 4) is 0 Å². The second-order valence-corrected chi connectivity index (χ2v) is 5.77. The SMILES string of the molecule is CN1C(=O)CCc2cc(CC3CCCCN3)ccc21. The van der Waals surface area contributed by atoms with Crippen molar-refractivity contribution in [3.05, 3.63) is 29.3 Å². The van der Waals surface area contributed by atoms with Crippen LogP contribution in [-0.2, 0) is 17.6 Å². The van der Waals surface area contributed by atoms with Gasteiger partial charge < -0.3 is 10.2 Å². The van der Waals surface area contributed by atoms with E-state index in [1.165, 1.54) is 30.4 Å². The maximum atomic E-state index is 11.7. The molecule has 0 spiro atoms. The van der Waals surface area contributed by atoms with Crippen molar-refractivity contribution in [2.45, 2.75) is 44.6 Å². The molecule has 102 valence electrons.